The summed E-state index contributed by atoms with van der Waals surface area (Å²) in [5.41, 5.74) is 1.90. The van der Waals surface area contributed by atoms with E-state index >= 15 is 0 Å². The van der Waals surface area contributed by atoms with Crippen molar-refractivity contribution in [2.75, 3.05) is 13.1 Å². The first-order chi connectivity index (χ1) is 14.1. The molecular formula is C21H25F3N4O2. The number of alkyl halides is 3. The summed E-state index contributed by atoms with van der Waals surface area (Å²) in [6.07, 6.45) is -3.31. The van der Waals surface area contributed by atoms with Gasteiger partial charge in [-0.3, -0.25) is 14.3 Å². The number of nitrogens with zero attached hydrogens (tertiary/aromatic N) is 3. The van der Waals surface area contributed by atoms with Gasteiger partial charge in [0, 0.05) is 37.8 Å². The van der Waals surface area contributed by atoms with Gasteiger partial charge in [-0.2, -0.15) is 18.3 Å². The minimum absolute atomic E-state index is 0.0554. The zero-order valence-electron chi connectivity index (χ0n) is 17.2. The topological polar surface area (TPSA) is 67.2 Å². The average Bonchev–Trinajstić information content (AvgIpc) is 3.18. The molecule has 6 nitrogen and oxygen atoms in total. The Morgan fingerprint density at radius 2 is 2.03 bits per heavy atom. The maximum atomic E-state index is 13.2. The third-order valence-corrected chi connectivity index (χ3v) is 5.52. The quantitative estimate of drug-likeness (QED) is 0.778. The molecule has 0 bridgehead atoms. The van der Waals surface area contributed by atoms with Crippen LogP contribution in [0.4, 0.5) is 13.2 Å². The molecule has 0 spiro atoms. The highest BCUT2D eigenvalue weighted by Crippen LogP contribution is 2.31. The molecule has 1 aliphatic rings. The first-order valence-corrected chi connectivity index (χ1v) is 9.79. The van der Waals surface area contributed by atoms with Crippen LogP contribution in [-0.2, 0) is 29.2 Å². The number of carbonyl (C=O) groups is 2. The van der Waals surface area contributed by atoms with Crippen molar-refractivity contribution < 1.29 is 22.8 Å². The van der Waals surface area contributed by atoms with Crippen LogP contribution in [0, 0.1) is 13.8 Å². The normalized spacial score (nSPS) is 15.5. The lowest BCUT2D eigenvalue weighted by Gasteiger charge is -2.26. The van der Waals surface area contributed by atoms with Gasteiger partial charge in [-0.1, -0.05) is 12.1 Å². The highest BCUT2D eigenvalue weighted by Gasteiger charge is 2.32. The molecule has 2 amide bonds. The molecule has 0 saturated carbocycles. The maximum Gasteiger partial charge on any atom is 0.416 e. The summed E-state index contributed by atoms with van der Waals surface area (Å²) in [5.74, 6) is -0.386. The van der Waals surface area contributed by atoms with Gasteiger partial charge < -0.3 is 10.2 Å². The lowest BCUT2D eigenvalue weighted by atomic mass is 10.0. The number of halogens is 3. The van der Waals surface area contributed by atoms with Crippen molar-refractivity contribution in [1.82, 2.24) is 20.0 Å². The maximum absolute atomic E-state index is 13.2. The predicted molar refractivity (Wildman–Crippen MR) is 105 cm³/mol. The Balaban J connectivity index is 1.84. The first kappa shape index (κ1) is 21.9. The van der Waals surface area contributed by atoms with E-state index in [1.165, 1.54) is 6.07 Å². The fraction of sp³-hybridized carbons (Fsp3) is 0.476. The Morgan fingerprint density at radius 1 is 1.30 bits per heavy atom. The molecule has 0 unspecified atom stereocenters. The molecule has 0 aliphatic carbocycles. The van der Waals surface area contributed by atoms with E-state index in [4.69, 9.17) is 0 Å². The molecule has 3 rings (SSSR count). The summed E-state index contributed by atoms with van der Waals surface area (Å²) in [4.78, 5) is 26.4. The van der Waals surface area contributed by atoms with Gasteiger partial charge in [0.1, 0.15) is 0 Å². The van der Waals surface area contributed by atoms with E-state index in [1.54, 1.807) is 22.7 Å². The largest absolute Gasteiger partial charge is 0.416 e. The molecule has 1 atom stereocenters. The molecule has 1 aliphatic heterocycles. The molecule has 2 aromatic rings. The average molecular weight is 422 g/mol. The van der Waals surface area contributed by atoms with Crippen molar-refractivity contribution in [3.63, 3.8) is 0 Å². The Kier molecular flexibility index (Phi) is 6.19. The fourth-order valence-electron chi connectivity index (χ4n) is 3.76. The van der Waals surface area contributed by atoms with Crippen LogP contribution >= 0.6 is 0 Å². The molecular weight excluding hydrogens is 397 g/mol. The number of carbonyl (C=O) groups excluding carboxylic acids is 2. The summed E-state index contributed by atoms with van der Waals surface area (Å²) < 4.78 is 41.2. The molecule has 162 valence electrons. The standard InChI is InChI=1S/C21H25F3N4O2/c1-13-17(14(2)27(3)26-13)11-19(29)25-18(12-28-9-5-8-20(28)30)15-6-4-7-16(10-15)21(22,23)24/h4,6-7,10,18H,5,8-9,11-12H2,1-3H3,(H,25,29)/t18-/m1/s1. The van der Waals surface area contributed by atoms with Gasteiger partial charge >= 0.3 is 6.18 Å². The van der Waals surface area contributed by atoms with Gasteiger partial charge in [-0.15, -0.1) is 0 Å². The number of nitrogens with one attached hydrogen (secondary N) is 1. The van der Waals surface area contributed by atoms with E-state index in [9.17, 15) is 22.8 Å². The van der Waals surface area contributed by atoms with Gasteiger partial charge in [-0.25, -0.2) is 0 Å². The van der Waals surface area contributed by atoms with Crippen molar-refractivity contribution in [3.05, 3.63) is 52.3 Å². The van der Waals surface area contributed by atoms with Crippen molar-refractivity contribution in [3.8, 4) is 0 Å². The van der Waals surface area contributed by atoms with Gasteiger partial charge in [0.05, 0.1) is 23.7 Å². The van der Waals surface area contributed by atoms with Crippen LogP contribution in [0.1, 0.15) is 47.0 Å². The Morgan fingerprint density at radius 3 is 2.60 bits per heavy atom. The molecule has 1 aromatic heterocycles. The third-order valence-electron chi connectivity index (χ3n) is 5.52. The summed E-state index contributed by atoms with van der Waals surface area (Å²) >= 11 is 0. The molecule has 9 heteroatoms. The molecule has 1 fully saturated rings. The Hall–Kier alpha value is -2.84. The molecule has 1 saturated heterocycles. The van der Waals surface area contributed by atoms with Crippen LogP contribution in [0.25, 0.3) is 0 Å². The van der Waals surface area contributed by atoms with E-state index in [-0.39, 0.29) is 24.8 Å². The number of hydrogen-bond donors (Lipinski definition) is 1. The van der Waals surface area contributed by atoms with Crippen LogP contribution in [0.2, 0.25) is 0 Å². The summed E-state index contributed by atoms with van der Waals surface area (Å²) in [6, 6.07) is 4.15. The lowest BCUT2D eigenvalue weighted by Crippen LogP contribution is -2.39. The predicted octanol–water partition coefficient (Wildman–Crippen LogP) is 3.08. The van der Waals surface area contributed by atoms with Gasteiger partial charge in [0.15, 0.2) is 0 Å². The highest BCUT2D eigenvalue weighted by atomic mass is 19.4. The van der Waals surface area contributed by atoms with Gasteiger partial charge in [0.25, 0.3) is 0 Å². The molecule has 30 heavy (non-hydrogen) atoms. The minimum Gasteiger partial charge on any atom is -0.347 e. The lowest BCUT2D eigenvalue weighted by molar-refractivity contribution is -0.137. The van der Waals surface area contributed by atoms with Crippen molar-refractivity contribution in [2.24, 2.45) is 7.05 Å². The van der Waals surface area contributed by atoms with Gasteiger partial charge in [-0.05, 0) is 38.0 Å². The second-order valence-electron chi connectivity index (χ2n) is 7.64. The van der Waals surface area contributed by atoms with E-state index < -0.39 is 17.8 Å². The number of aryl methyl sites for hydroxylation is 2. The smallest absolute Gasteiger partial charge is 0.347 e. The van der Waals surface area contributed by atoms with Crippen molar-refractivity contribution in [2.45, 2.75) is 45.3 Å². The first-order valence-electron chi connectivity index (χ1n) is 9.79. The van der Waals surface area contributed by atoms with Crippen LogP contribution < -0.4 is 5.32 Å². The van der Waals surface area contributed by atoms with E-state index in [0.717, 1.165) is 29.1 Å². The summed E-state index contributed by atoms with van der Waals surface area (Å²) in [7, 11) is 1.79. The van der Waals surface area contributed by atoms with Crippen LogP contribution in [0.3, 0.4) is 0 Å². The van der Waals surface area contributed by atoms with Crippen LogP contribution in [0.15, 0.2) is 24.3 Å². The number of benzene rings is 1. The number of aromatic nitrogens is 2. The number of likely N-dealkylation sites (tertiary alicyclic amines) is 1. The van der Waals surface area contributed by atoms with Crippen LogP contribution in [0.5, 0.6) is 0 Å². The zero-order valence-corrected chi connectivity index (χ0v) is 17.2. The zero-order chi connectivity index (χ0) is 22.1. The number of hydrogen-bond acceptors (Lipinski definition) is 3. The number of amides is 2. The van der Waals surface area contributed by atoms with Gasteiger partial charge in [0.2, 0.25) is 11.8 Å². The summed E-state index contributed by atoms with van der Waals surface area (Å²) in [5, 5.41) is 7.13. The second kappa shape index (κ2) is 8.49. The van der Waals surface area contributed by atoms with Crippen LogP contribution in [-0.4, -0.2) is 39.6 Å². The third kappa shape index (κ3) is 4.83. The van der Waals surface area contributed by atoms with Crippen molar-refractivity contribution >= 4 is 11.8 Å². The molecule has 1 N–H and O–H groups in total. The highest BCUT2D eigenvalue weighted by molar-refractivity contribution is 5.80. The van der Waals surface area contributed by atoms with E-state index in [1.807, 2.05) is 13.8 Å². The SMILES string of the molecule is Cc1nn(C)c(C)c1CC(=O)N[C@H](CN1CCCC1=O)c1cccc(C(F)(F)F)c1. The monoisotopic (exact) mass is 422 g/mol. The van der Waals surface area contributed by atoms with Crippen molar-refractivity contribution in [1.29, 1.82) is 0 Å². The van der Waals surface area contributed by atoms with E-state index in [0.29, 0.717) is 24.9 Å². The molecule has 1 aromatic carbocycles. The van der Waals surface area contributed by atoms with E-state index in [2.05, 4.69) is 10.4 Å². The summed E-state index contributed by atoms with van der Waals surface area (Å²) in [6.45, 7) is 4.33. The second-order valence-corrected chi connectivity index (χ2v) is 7.64. The Bertz CT molecular complexity index is 952. The fourth-order valence-corrected chi connectivity index (χ4v) is 3.76. The minimum atomic E-state index is -4.49. The molecule has 2 heterocycles. The number of rotatable bonds is 6. The molecule has 0 radical (unpaired) electrons. The Labute approximate surface area is 173 Å².